The van der Waals surface area contributed by atoms with Crippen molar-refractivity contribution in [2.75, 3.05) is 12.4 Å². The molecule has 2 nitrogen and oxygen atoms in total. The first-order chi connectivity index (χ1) is 8.34. The van der Waals surface area contributed by atoms with Gasteiger partial charge >= 0.3 is 0 Å². The first kappa shape index (κ1) is 11.6. The quantitative estimate of drug-likeness (QED) is 0.870. The summed E-state index contributed by atoms with van der Waals surface area (Å²) in [5.74, 6) is 1.22. The van der Waals surface area contributed by atoms with Gasteiger partial charge < -0.3 is 10.1 Å². The molecule has 3 unspecified atom stereocenters. The Kier molecular flexibility index (Phi) is 3.41. The zero-order valence-electron chi connectivity index (χ0n) is 10.2. The highest BCUT2D eigenvalue weighted by atomic mass is 32.2. The van der Waals surface area contributed by atoms with E-state index >= 15 is 0 Å². The van der Waals surface area contributed by atoms with Gasteiger partial charge in [0.1, 0.15) is 0 Å². The monoisotopic (exact) mass is 249 g/mol. The zero-order chi connectivity index (χ0) is 11.7. The molecule has 1 N–H and O–H groups in total. The van der Waals surface area contributed by atoms with E-state index in [9.17, 15) is 0 Å². The molecule has 3 heteroatoms. The van der Waals surface area contributed by atoms with Gasteiger partial charge in [0.15, 0.2) is 0 Å². The Morgan fingerprint density at radius 2 is 2.18 bits per heavy atom. The zero-order valence-corrected chi connectivity index (χ0v) is 11.0. The van der Waals surface area contributed by atoms with Crippen molar-refractivity contribution in [1.29, 1.82) is 0 Å². The fourth-order valence-electron chi connectivity index (χ4n) is 2.72. The molecule has 92 valence electrons. The third-order valence-corrected chi connectivity index (χ3v) is 4.87. The van der Waals surface area contributed by atoms with Crippen molar-refractivity contribution < 1.29 is 4.74 Å². The van der Waals surface area contributed by atoms with E-state index in [2.05, 4.69) is 36.5 Å². The van der Waals surface area contributed by atoms with Crippen molar-refractivity contribution in [2.24, 2.45) is 0 Å². The molecule has 0 spiro atoms. The van der Waals surface area contributed by atoms with Crippen molar-refractivity contribution in [3.8, 4) is 0 Å². The fourth-order valence-corrected chi connectivity index (χ4v) is 3.85. The Morgan fingerprint density at radius 3 is 3.00 bits per heavy atom. The Hall–Kier alpha value is -0.510. The molecule has 0 saturated carbocycles. The van der Waals surface area contributed by atoms with Crippen LogP contribution in [0, 0.1) is 0 Å². The Labute approximate surface area is 107 Å². The van der Waals surface area contributed by atoms with Crippen LogP contribution in [0.1, 0.15) is 31.4 Å². The van der Waals surface area contributed by atoms with Crippen LogP contribution in [0.15, 0.2) is 29.2 Å². The maximum atomic E-state index is 5.63. The maximum Gasteiger partial charge on any atom is 0.0700 e. The average molecular weight is 249 g/mol. The summed E-state index contributed by atoms with van der Waals surface area (Å²) in [6.45, 7) is 3.08. The van der Waals surface area contributed by atoms with E-state index in [1.165, 1.54) is 22.6 Å². The van der Waals surface area contributed by atoms with Crippen molar-refractivity contribution in [3.63, 3.8) is 0 Å². The lowest BCUT2D eigenvalue weighted by molar-refractivity contribution is 0.110. The van der Waals surface area contributed by atoms with E-state index in [0.717, 1.165) is 13.0 Å². The standard InChI is InChI=1S/C14H19NOS/c1-10-12(6-8-16-10)15-13-7-9-17-14-5-3-2-4-11(13)14/h2-5,10,12-13,15H,6-9H2,1H3. The molecule has 1 aromatic carbocycles. The molecule has 1 fully saturated rings. The highest BCUT2D eigenvalue weighted by molar-refractivity contribution is 7.99. The predicted molar refractivity (Wildman–Crippen MR) is 71.5 cm³/mol. The van der Waals surface area contributed by atoms with Gasteiger partial charge in [-0.1, -0.05) is 18.2 Å². The van der Waals surface area contributed by atoms with E-state index in [0.29, 0.717) is 18.2 Å². The maximum absolute atomic E-state index is 5.63. The van der Waals surface area contributed by atoms with Gasteiger partial charge in [-0.2, -0.15) is 0 Å². The number of fused-ring (bicyclic) bond motifs is 1. The van der Waals surface area contributed by atoms with E-state index in [1.54, 1.807) is 0 Å². The SMILES string of the molecule is CC1OCCC1NC1CCSc2ccccc21. The Morgan fingerprint density at radius 1 is 1.29 bits per heavy atom. The lowest BCUT2D eigenvalue weighted by Gasteiger charge is -2.29. The first-order valence-corrected chi connectivity index (χ1v) is 7.42. The van der Waals surface area contributed by atoms with Gasteiger partial charge in [-0.15, -0.1) is 11.8 Å². The number of ether oxygens (including phenoxy) is 1. The predicted octanol–water partition coefficient (Wildman–Crippen LogP) is 2.99. The van der Waals surface area contributed by atoms with Crippen molar-refractivity contribution in [1.82, 2.24) is 5.32 Å². The van der Waals surface area contributed by atoms with Crippen LogP contribution in [-0.4, -0.2) is 24.5 Å². The third-order valence-electron chi connectivity index (χ3n) is 3.75. The summed E-state index contributed by atoms with van der Waals surface area (Å²) in [6.07, 6.45) is 2.73. The van der Waals surface area contributed by atoms with Gasteiger partial charge in [0.2, 0.25) is 0 Å². The van der Waals surface area contributed by atoms with Crippen LogP contribution in [0.5, 0.6) is 0 Å². The van der Waals surface area contributed by atoms with Crippen LogP contribution < -0.4 is 5.32 Å². The summed E-state index contributed by atoms with van der Waals surface area (Å²) in [4.78, 5) is 1.45. The fraction of sp³-hybridized carbons (Fsp3) is 0.571. The minimum absolute atomic E-state index is 0.358. The van der Waals surface area contributed by atoms with Crippen LogP contribution >= 0.6 is 11.8 Å². The summed E-state index contributed by atoms with van der Waals surface area (Å²) < 4.78 is 5.63. The van der Waals surface area contributed by atoms with E-state index in [4.69, 9.17) is 4.74 Å². The van der Waals surface area contributed by atoms with E-state index in [-0.39, 0.29) is 0 Å². The summed E-state index contributed by atoms with van der Waals surface area (Å²) in [5, 5.41) is 3.79. The number of rotatable bonds is 2. The van der Waals surface area contributed by atoms with Gasteiger partial charge in [-0.3, -0.25) is 0 Å². The molecule has 2 aliphatic heterocycles. The van der Waals surface area contributed by atoms with Crippen molar-refractivity contribution in [3.05, 3.63) is 29.8 Å². The lowest BCUT2D eigenvalue weighted by Crippen LogP contribution is -2.38. The van der Waals surface area contributed by atoms with Gasteiger partial charge in [0.05, 0.1) is 6.10 Å². The summed E-state index contributed by atoms with van der Waals surface area (Å²) in [7, 11) is 0. The van der Waals surface area contributed by atoms with Crippen LogP contribution in [0.25, 0.3) is 0 Å². The topological polar surface area (TPSA) is 21.3 Å². The number of thioether (sulfide) groups is 1. The van der Waals surface area contributed by atoms with Crippen molar-refractivity contribution in [2.45, 2.75) is 42.8 Å². The highest BCUT2D eigenvalue weighted by Gasteiger charge is 2.29. The highest BCUT2D eigenvalue weighted by Crippen LogP contribution is 2.36. The molecule has 17 heavy (non-hydrogen) atoms. The van der Waals surface area contributed by atoms with Crippen LogP contribution in [-0.2, 0) is 4.74 Å². The first-order valence-electron chi connectivity index (χ1n) is 6.44. The van der Waals surface area contributed by atoms with Crippen molar-refractivity contribution >= 4 is 11.8 Å². The summed E-state index contributed by atoms with van der Waals surface area (Å²) >= 11 is 1.98. The van der Waals surface area contributed by atoms with Crippen LogP contribution in [0.4, 0.5) is 0 Å². The molecule has 2 aliphatic rings. The summed E-state index contributed by atoms with van der Waals surface area (Å²) in [6, 6.07) is 9.82. The molecule has 0 bridgehead atoms. The van der Waals surface area contributed by atoms with E-state index < -0.39 is 0 Å². The lowest BCUT2D eigenvalue weighted by atomic mass is 10.0. The van der Waals surface area contributed by atoms with Gasteiger partial charge in [-0.25, -0.2) is 0 Å². The number of nitrogens with one attached hydrogen (secondary N) is 1. The normalized spacial score (nSPS) is 32.4. The second-order valence-corrected chi connectivity index (χ2v) is 6.00. The van der Waals surface area contributed by atoms with Gasteiger partial charge in [0.25, 0.3) is 0 Å². The molecule has 3 rings (SSSR count). The Bertz CT molecular complexity index is 396. The van der Waals surface area contributed by atoms with Gasteiger partial charge in [-0.05, 0) is 37.1 Å². The minimum atomic E-state index is 0.358. The molecular weight excluding hydrogens is 230 g/mol. The molecule has 2 heterocycles. The summed E-state index contributed by atoms with van der Waals surface area (Å²) in [5.41, 5.74) is 1.47. The number of benzene rings is 1. The molecule has 0 amide bonds. The third kappa shape index (κ3) is 2.37. The number of hydrogen-bond donors (Lipinski definition) is 1. The smallest absolute Gasteiger partial charge is 0.0700 e. The number of hydrogen-bond acceptors (Lipinski definition) is 3. The molecule has 3 atom stereocenters. The largest absolute Gasteiger partial charge is 0.377 e. The Balaban J connectivity index is 1.76. The van der Waals surface area contributed by atoms with Gasteiger partial charge in [0, 0.05) is 23.6 Å². The molecular formula is C14H19NOS. The molecule has 0 aromatic heterocycles. The van der Waals surface area contributed by atoms with E-state index in [1.807, 2.05) is 11.8 Å². The second-order valence-electron chi connectivity index (χ2n) is 4.87. The minimum Gasteiger partial charge on any atom is -0.377 e. The molecule has 0 radical (unpaired) electrons. The second kappa shape index (κ2) is 5.01. The van der Waals surface area contributed by atoms with Crippen LogP contribution in [0.3, 0.4) is 0 Å². The molecule has 1 aromatic rings. The molecule has 1 saturated heterocycles. The average Bonchev–Trinajstić information content (AvgIpc) is 2.76. The van der Waals surface area contributed by atoms with Crippen LogP contribution in [0.2, 0.25) is 0 Å². The molecule has 0 aliphatic carbocycles.